The van der Waals surface area contributed by atoms with Crippen LogP contribution in [0.4, 0.5) is 0 Å². The number of carbonyl (C=O) groups is 1. The highest BCUT2D eigenvalue weighted by atomic mass is 16.5. The lowest BCUT2D eigenvalue weighted by Crippen LogP contribution is -2.26. The minimum Gasteiger partial charge on any atom is -0.466 e. The maximum atomic E-state index is 12.9. The summed E-state index contributed by atoms with van der Waals surface area (Å²) in [4.78, 5) is 24.4. The fourth-order valence-corrected chi connectivity index (χ4v) is 2.95. The van der Waals surface area contributed by atoms with Gasteiger partial charge in [-0.2, -0.15) is 0 Å². The smallest absolute Gasteiger partial charge is 0.305 e. The number of ether oxygens (including phenoxy) is 1. The van der Waals surface area contributed by atoms with Crippen molar-refractivity contribution in [2.24, 2.45) is 0 Å². The normalized spacial score (nSPS) is 10.5. The van der Waals surface area contributed by atoms with Gasteiger partial charge >= 0.3 is 5.97 Å². The Morgan fingerprint density at radius 3 is 2.64 bits per heavy atom. The highest BCUT2D eigenvalue weighted by Gasteiger charge is 2.13. The second kappa shape index (κ2) is 9.02. The largest absolute Gasteiger partial charge is 0.466 e. The molecule has 0 fully saturated rings. The first kappa shape index (κ1) is 18.7. The second-order valence-electron chi connectivity index (χ2n) is 5.99. The van der Waals surface area contributed by atoms with Gasteiger partial charge in [-0.3, -0.25) is 9.59 Å². The van der Waals surface area contributed by atoms with Crippen molar-refractivity contribution in [3.8, 4) is 0 Å². The molecule has 0 atom stereocenters. The highest BCUT2D eigenvalue weighted by molar-refractivity contribution is 5.69. The van der Waals surface area contributed by atoms with E-state index >= 15 is 0 Å². The Balaban J connectivity index is 2.26. The average molecular weight is 339 g/mol. The van der Waals surface area contributed by atoms with Crippen LogP contribution in [0.15, 0.2) is 47.9 Å². The van der Waals surface area contributed by atoms with Gasteiger partial charge in [-0.25, -0.2) is 0 Å². The first-order chi connectivity index (χ1) is 12.1. The number of pyridine rings is 1. The van der Waals surface area contributed by atoms with E-state index in [2.05, 4.69) is 6.58 Å². The third kappa shape index (κ3) is 4.92. The summed E-state index contributed by atoms with van der Waals surface area (Å²) in [6.07, 6.45) is 5.04. The molecule has 0 aliphatic carbocycles. The van der Waals surface area contributed by atoms with E-state index < -0.39 is 0 Å². The first-order valence-corrected chi connectivity index (χ1v) is 8.61. The summed E-state index contributed by atoms with van der Waals surface area (Å²) in [7, 11) is 0. The molecule has 1 aromatic carbocycles. The van der Waals surface area contributed by atoms with Gasteiger partial charge in [0.15, 0.2) is 0 Å². The molecule has 0 spiro atoms. The molecule has 2 aromatic rings. The van der Waals surface area contributed by atoms with Gasteiger partial charge in [0.25, 0.3) is 5.56 Å². The fourth-order valence-electron chi connectivity index (χ4n) is 2.95. The minimum atomic E-state index is -0.222. The van der Waals surface area contributed by atoms with E-state index in [1.165, 1.54) is 0 Å². The third-order valence-corrected chi connectivity index (χ3v) is 4.13. The summed E-state index contributed by atoms with van der Waals surface area (Å²) in [5.74, 6) is -0.222. The Labute approximate surface area is 148 Å². The number of aromatic nitrogens is 1. The lowest BCUT2D eigenvalue weighted by atomic mass is 10.00. The molecule has 0 bridgehead atoms. The van der Waals surface area contributed by atoms with Gasteiger partial charge in [-0.05, 0) is 43.4 Å². The molecule has 132 valence electrons. The topological polar surface area (TPSA) is 48.3 Å². The van der Waals surface area contributed by atoms with Crippen molar-refractivity contribution < 1.29 is 9.53 Å². The molecule has 0 N–H and O–H groups in total. The zero-order valence-electron chi connectivity index (χ0n) is 15.0. The maximum absolute atomic E-state index is 12.9. The first-order valence-electron chi connectivity index (χ1n) is 8.61. The van der Waals surface area contributed by atoms with Crippen LogP contribution in [0.25, 0.3) is 6.08 Å². The summed E-state index contributed by atoms with van der Waals surface area (Å²) in [5.41, 5.74) is 3.66. The molecule has 0 radical (unpaired) electrons. The molecule has 0 unspecified atom stereocenters. The molecule has 0 aliphatic rings. The van der Waals surface area contributed by atoms with Crippen LogP contribution in [0, 0.1) is 6.92 Å². The van der Waals surface area contributed by atoms with E-state index in [1.807, 2.05) is 43.5 Å². The van der Waals surface area contributed by atoms with Gasteiger partial charge in [0.1, 0.15) is 0 Å². The number of rotatable bonds is 8. The van der Waals surface area contributed by atoms with Crippen LogP contribution in [0.5, 0.6) is 0 Å². The van der Waals surface area contributed by atoms with Gasteiger partial charge < -0.3 is 9.30 Å². The fraction of sp³-hybridized carbons (Fsp3) is 0.333. The van der Waals surface area contributed by atoms with Crippen molar-refractivity contribution in [1.82, 2.24) is 4.57 Å². The summed E-state index contributed by atoms with van der Waals surface area (Å²) in [6.45, 7) is 8.52. The number of carbonyl (C=O) groups excluding carboxylic acids is 1. The zero-order valence-corrected chi connectivity index (χ0v) is 15.0. The molecule has 1 heterocycles. The van der Waals surface area contributed by atoms with Crippen molar-refractivity contribution in [3.63, 3.8) is 0 Å². The molecule has 0 aliphatic heterocycles. The van der Waals surface area contributed by atoms with E-state index in [0.29, 0.717) is 32.4 Å². The van der Waals surface area contributed by atoms with E-state index in [4.69, 9.17) is 4.74 Å². The number of hydrogen-bond donors (Lipinski definition) is 0. The molecule has 0 saturated carbocycles. The van der Waals surface area contributed by atoms with Crippen molar-refractivity contribution in [2.75, 3.05) is 6.61 Å². The highest BCUT2D eigenvalue weighted by Crippen LogP contribution is 2.15. The SMILES string of the molecule is C=Cc1c(C)cn(Cc2ccccc2)c(=O)c1CCCC(=O)OCC. The van der Waals surface area contributed by atoms with E-state index in [1.54, 1.807) is 17.6 Å². The zero-order chi connectivity index (χ0) is 18.2. The number of hydrogen-bond acceptors (Lipinski definition) is 3. The number of esters is 1. The minimum absolute atomic E-state index is 0.0202. The van der Waals surface area contributed by atoms with Crippen molar-refractivity contribution in [3.05, 3.63) is 75.7 Å². The number of benzene rings is 1. The Morgan fingerprint density at radius 1 is 1.28 bits per heavy atom. The van der Waals surface area contributed by atoms with E-state index in [9.17, 15) is 9.59 Å². The van der Waals surface area contributed by atoms with E-state index in [0.717, 1.165) is 22.3 Å². The maximum Gasteiger partial charge on any atom is 0.305 e. The van der Waals surface area contributed by atoms with Crippen molar-refractivity contribution in [1.29, 1.82) is 0 Å². The molecule has 0 saturated heterocycles. The summed E-state index contributed by atoms with van der Waals surface area (Å²) in [6, 6.07) is 9.89. The van der Waals surface area contributed by atoms with Crippen LogP contribution >= 0.6 is 0 Å². The van der Waals surface area contributed by atoms with Crippen LogP contribution in [-0.4, -0.2) is 17.1 Å². The quantitative estimate of drug-likeness (QED) is 0.689. The molecular weight excluding hydrogens is 314 g/mol. The van der Waals surface area contributed by atoms with Crippen molar-refractivity contribution in [2.45, 2.75) is 39.7 Å². The van der Waals surface area contributed by atoms with Crippen LogP contribution in [0.3, 0.4) is 0 Å². The Kier molecular flexibility index (Phi) is 6.75. The molecule has 4 heteroatoms. The van der Waals surface area contributed by atoms with Crippen molar-refractivity contribution >= 4 is 12.0 Å². The Hall–Kier alpha value is -2.62. The van der Waals surface area contributed by atoms with Gasteiger partial charge in [0.2, 0.25) is 0 Å². The summed E-state index contributed by atoms with van der Waals surface area (Å²) < 4.78 is 6.68. The summed E-state index contributed by atoms with van der Waals surface area (Å²) in [5, 5.41) is 0. The molecule has 2 rings (SSSR count). The van der Waals surface area contributed by atoms with Gasteiger partial charge in [-0.1, -0.05) is 43.0 Å². The van der Waals surface area contributed by atoms with Crippen LogP contribution < -0.4 is 5.56 Å². The predicted molar refractivity (Wildman–Crippen MR) is 101 cm³/mol. The summed E-state index contributed by atoms with van der Waals surface area (Å²) >= 11 is 0. The standard InChI is InChI=1S/C21H25NO3/c1-4-18-16(3)14-22(15-17-10-7-6-8-11-17)21(24)19(18)12-9-13-20(23)25-5-2/h4,6-8,10-11,14H,1,5,9,12-13,15H2,2-3H3. The van der Waals surface area contributed by atoms with Gasteiger partial charge in [0.05, 0.1) is 13.2 Å². The van der Waals surface area contributed by atoms with Crippen LogP contribution in [0.1, 0.15) is 42.0 Å². The lowest BCUT2D eigenvalue weighted by Gasteiger charge is -2.14. The van der Waals surface area contributed by atoms with Gasteiger partial charge in [0, 0.05) is 18.2 Å². The Morgan fingerprint density at radius 2 is 2.00 bits per heavy atom. The molecule has 0 amide bonds. The monoisotopic (exact) mass is 339 g/mol. The average Bonchev–Trinajstić information content (AvgIpc) is 2.60. The molecule has 1 aromatic heterocycles. The van der Waals surface area contributed by atoms with Gasteiger partial charge in [-0.15, -0.1) is 0 Å². The van der Waals surface area contributed by atoms with Crippen LogP contribution in [-0.2, 0) is 22.5 Å². The Bertz CT molecular complexity index is 791. The lowest BCUT2D eigenvalue weighted by molar-refractivity contribution is -0.143. The molecular formula is C21H25NO3. The second-order valence-corrected chi connectivity index (χ2v) is 5.99. The third-order valence-electron chi connectivity index (χ3n) is 4.13. The molecule has 4 nitrogen and oxygen atoms in total. The molecule has 25 heavy (non-hydrogen) atoms. The predicted octanol–water partition coefficient (Wildman–Crippen LogP) is 3.73. The number of aryl methyl sites for hydroxylation is 1. The number of nitrogens with zero attached hydrogens (tertiary/aromatic N) is 1. The van der Waals surface area contributed by atoms with E-state index in [-0.39, 0.29) is 11.5 Å². The van der Waals surface area contributed by atoms with Crippen LogP contribution in [0.2, 0.25) is 0 Å².